The van der Waals surface area contributed by atoms with Crippen molar-refractivity contribution in [3.63, 3.8) is 0 Å². The van der Waals surface area contributed by atoms with Crippen LogP contribution in [-0.4, -0.2) is 19.7 Å². The standard InChI is InChI=1S/C13H19NO2S/c1-10(2)17(15,16)13-7-3-11(4-8-13)9-14-12-5-6-12/h3-4,7-8,10,12,14H,5-6,9H2,1-2H3. The highest BCUT2D eigenvalue weighted by atomic mass is 32.2. The third-order valence-electron chi connectivity index (χ3n) is 3.04. The van der Waals surface area contributed by atoms with E-state index < -0.39 is 9.84 Å². The Kier molecular flexibility index (Phi) is 3.54. The second-order valence-corrected chi connectivity index (χ2v) is 7.40. The maximum Gasteiger partial charge on any atom is 0.180 e. The van der Waals surface area contributed by atoms with Crippen LogP contribution in [-0.2, 0) is 16.4 Å². The Bertz CT molecular complexity index is 473. The molecular weight excluding hydrogens is 234 g/mol. The van der Waals surface area contributed by atoms with Crippen LogP contribution in [0.25, 0.3) is 0 Å². The van der Waals surface area contributed by atoms with Crippen LogP contribution in [0.2, 0.25) is 0 Å². The van der Waals surface area contributed by atoms with Crippen molar-refractivity contribution in [1.29, 1.82) is 0 Å². The van der Waals surface area contributed by atoms with Gasteiger partial charge in [0, 0.05) is 12.6 Å². The van der Waals surface area contributed by atoms with E-state index in [2.05, 4.69) is 5.32 Å². The Morgan fingerprint density at radius 3 is 2.29 bits per heavy atom. The second-order valence-electron chi connectivity index (χ2n) is 4.89. The molecule has 0 amide bonds. The van der Waals surface area contributed by atoms with E-state index in [0.29, 0.717) is 10.9 Å². The van der Waals surface area contributed by atoms with Gasteiger partial charge < -0.3 is 5.32 Å². The lowest BCUT2D eigenvalue weighted by Gasteiger charge is -2.09. The van der Waals surface area contributed by atoms with E-state index in [9.17, 15) is 8.42 Å². The average molecular weight is 253 g/mol. The molecule has 0 saturated heterocycles. The minimum Gasteiger partial charge on any atom is -0.310 e. The predicted octanol–water partition coefficient (Wildman–Crippen LogP) is 2.12. The second kappa shape index (κ2) is 4.78. The molecule has 0 spiro atoms. The van der Waals surface area contributed by atoms with Crippen molar-refractivity contribution in [1.82, 2.24) is 5.32 Å². The van der Waals surface area contributed by atoms with Crippen LogP contribution in [0.3, 0.4) is 0 Å². The molecule has 0 radical (unpaired) electrons. The molecule has 17 heavy (non-hydrogen) atoms. The minimum absolute atomic E-state index is 0.363. The molecule has 1 N–H and O–H groups in total. The summed E-state index contributed by atoms with van der Waals surface area (Å²) in [5.74, 6) is 0. The first-order chi connectivity index (χ1) is 8.00. The van der Waals surface area contributed by atoms with E-state index in [0.717, 1.165) is 12.1 Å². The highest BCUT2D eigenvalue weighted by Crippen LogP contribution is 2.20. The number of sulfone groups is 1. The summed E-state index contributed by atoms with van der Waals surface area (Å²) in [6.07, 6.45) is 2.53. The monoisotopic (exact) mass is 253 g/mol. The number of hydrogen-bond acceptors (Lipinski definition) is 3. The first-order valence-corrected chi connectivity index (χ1v) is 7.61. The summed E-state index contributed by atoms with van der Waals surface area (Å²) in [5, 5.41) is 3.04. The Labute approximate surface area is 103 Å². The molecule has 1 aromatic rings. The van der Waals surface area contributed by atoms with Gasteiger partial charge in [0.05, 0.1) is 10.1 Å². The first-order valence-electron chi connectivity index (χ1n) is 6.06. The van der Waals surface area contributed by atoms with Crippen LogP contribution in [0.4, 0.5) is 0 Å². The van der Waals surface area contributed by atoms with E-state index in [-0.39, 0.29) is 5.25 Å². The summed E-state index contributed by atoms with van der Waals surface area (Å²) in [7, 11) is -3.13. The largest absolute Gasteiger partial charge is 0.310 e. The summed E-state index contributed by atoms with van der Waals surface area (Å²) < 4.78 is 23.8. The fourth-order valence-corrected chi connectivity index (χ4v) is 2.68. The SMILES string of the molecule is CC(C)S(=O)(=O)c1ccc(CNC2CC2)cc1. The zero-order valence-electron chi connectivity index (χ0n) is 10.3. The molecule has 0 heterocycles. The molecule has 0 atom stereocenters. The van der Waals surface area contributed by atoms with Crippen molar-refractivity contribution < 1.29 is 8.42 Å². The predicted molar refractivity (Wildman–Crippen MR) is 68.6 cm³/mol. The number of rotatable bonds is 5. The zero-order valence-corrected chi connectivity index (χ0v) is 11.1. The molecule has 0 unspecified atom stereocenters. The van der Waals surface area contributed by atoms with Gasteiger partial charge >= 0.3 is 0 Å². The van der Waals surface area contributed by atoms with Crippen LogP contribution in [0.1, 0.15) is 32.3 Å². The Balaban J connectivity index is 2.06. The molecule has 0 aromatic heterocycles. The Hall–Kier alpha value is -0.870. The lowest BCUT2D eigenvalue weighted by molar-refractivity contribution is 0.587. The maximum absolute atomic E-state index is 11.9. The smallest absolute Gasteiger partial charge is 0.180 e. The molecule has 0 bridgehead atoms. The summed E-state index contributed by atoms with van der Waals surface area (Å²) in [6, 6.07) is 7.88. The molecule has 1 aliphatic carbocycles. The topological polar surface area (TPSA) is 46.2 Å². The molecule has 3 nitrogen and oxygen atoms in total. The van der Waals surface area contributed by atoms with E-state index >= 15 is 0 Å². The molecule has 2 rings (SSSR count). The van der Waals surface area contributed by atoms with Gasteiger partial charge in [0.25, 0.3) is 0 Å². The van der Waals surface area contributed by atoms with E-state index in [1.165, 1.54) is 12.8 Å². The van der Waals surface area contributed by atoms with Crippen molar-refractivity contribution >= 4 is 9.84 Å². The van der Waals surface area contributed by atoms with Crippen molar-refractivity contribution in [2.45, 2.75) is 49.4 Å². The van der Waals surface area contributed by atoms with Crippen molar-refractivity contribution in [2.24, 2.45) is 0 Å². The van der Waals surface area contributed by atoms with Crippen molar-refractivity contribution in [3.8, 4) is 0 Å². The average Bonchev–Trinajstić information content (AvgIpc) is 3.10. The van der Waals surface area contributed by atoms with Gasteiger partial charge in [0.15, 0.2) is 9.84 Å². The summed E-state index contributed by atoms with van der Waals surface area (Å²) >= 11 is 0. The van der Waals surface area contributed by atoms with Gasteiger partial charge in [-0.25, -0.2) is 8.42 Å². The number of nitrogens with one attached hydrogen (secondary N) is 1. The van der Waals surface area contributed by atoms with Crippen LogP contribution < -0.4 is 5.32 Å². The fraction of sp³-hybridized carbons (Fsp3) is 0.538. The number of benzene rings is 1. The molecule has 0 aliphatic heterocycles. The van der Waals surface area contributed by atoms with Crippen LogP contribution in [0, 0.1) is 0 Å². The van der Waals surface area contributed by atoms with Gasteiger partial charge in [-0.05, 0) is 44.4 Å². The van der Waals surface area contributed by atoms with Gasteiger partial charge in [0.2, 0.25) is 0 Å². The third kappa shape index (κ3) is 3.07. The molecule has 1 aromatic carbocycles. The molecule has 1 fully saturated rings. The Morgan fingerprint density at radius 2 is 1.82 bits per heavy atom. The van der Waals surface area contributed by atoms with E-state index in [4.69, 9.17) is 0 Å². The Morgan fingerprint density at radius 1 is 1.24 bits per heavy atom. The molecule has 1 saturated carbocycles. The summed E-state index contributed by atoms with van der Waals surface area (Å²) in [5.41, 5.74) is 1.14. The maximum atomic E-state index is 11.9. The van der Waals surface area contributed by atoms with Gasteiger partial charge in [-0.1, -0.05) is 12.1 Å². The van der Waals surface area contributed by atoms with Gasteiger partial charge in [-0.15, -0.1) is 0 Å². The van der Waals surface area contributed by atoms with E-state index in [1.54, 1.807) is 26.0 Å². The summed E-state index contributed by atoms with van der Waals surface area (Å²) in [4.78, 5) is 0.419. The lowest BCUT2D eigenvalue weighted by atomic mass is 10.2. The molecule has 94 valence electrons. The fourth-order valence-electron chi connectivity index (χ4n) is 1.62. The molecule has 4 heteroatoms. The van der Waals surface area contributed by atoms with Crippen molar-refractivity contribution in [3.05, 3.63) is 29.8 Å². The lowest BCUT2D eigenvalue weighted by Crippen LogP contribution is -2.16. The first kappa shape index (κ1) is 12.6. The highest BCUT2D eigenvalue weighted by Gasteiger charge is 2.21. The zero-order chi connectivity index (χ0) is 12.5. The van der Waals surface area contributed by atoms with Crippen molar-refractivity contribution in [2.75, 3.05) is 0 Å². The van der Waals surface area contributed by atoms with Gasteiger partial charge in [0.1, 0.15) is 0 Å². The van der Waals surface area contributed by atoms with E-state index in [1.807, 2.05) is 12.1 Å². The van der Waals surface area contributed by atoms with Gasteiger partial charge in [-0.2, -0.15) is 0 Å². The normalized spacial score (nSPS) is 16.4. The van der Waals surface area contributed by atoms with Gasteiger partial charge in [-0.3, -0.25) is 0 Å². The summed E-state index contributed by atoms with van der Waals surface area (Å²) in [6.45, 7) is 4.24. The highest BCUT2D eigenvalue weighted by molar-refractivity contribution is 7.92. The number of hydrogen-bond donors (Lipinski definition) is 1. The minimum atomic E-state index is -3.13. The van der Waals surface area contributed by atoms with Crippen LogP contribution in [0.15, 0.2) is 29.2 Å². The molecular formula is C13H19NO2S. The quantitative estimate of drug-likeness (QED) is 0.874. The third-order valence-corrected chi connectivity index (χ3v) is 5.22. The molecule has 1 aliphatic rings. The van der Waals surface area contributed by atoms with Crippen LogP contribution >= 0.6 is 0 Å². The van der Waals surface area contributed by atoms with Crippen LogP contribution in [0.5, 0.6) is 0 Å².